The number of hydrogen-bond donors (Lipinski definition) is 0. The van der Waals surface area contributed by atoms with Crippen molar-refractivity contribution in [2.24, 2.45) is 0 Å². The van der Waals surface area contributed by atoms with Gasteiger partial charge in [0.15, 0.2) is 0 Å². The summed E-state index contributed by atoms with van der Waals surface area (Å²) in [5.74, 6) is 0. The third-order valence-electron chi connectivity index (χ3n) is 7.53. The number of anilines is 3. The van der Waals surface area contributed by atoms with E-state index in [2.05, 4.69) is 124 Å². The zero-order chi connectivity index (χ0) is 26.6. The normalized spacial score (nSPS) is 11.6. The van der Waals surface area contributed by atoms with Crippen LogP contribution in [-0.4, -0.2) is 0 Å². The number of furan rings is 2. The van der Waals surface area contributed by atoms with Crippen LogP contribution < -0.4 is 4.90 Å². The smallest absolute Gasteiger partial charge is 0.149 e. The Morgan fingerprint density at radius 3 is 1.77 bits per heavy atom. The average Bonchev–Trinajstić information content (AvgIpc) is 3.57. The molecule has 0 saturated carbocycles. The fourth-order valence-electron chi connectivity index (χ4n) is 5.63. The van der Waals surface area contributed by atoms with E-state index >= 15 is 0 Å². The molecule has 0 bridgehead atoms. The second-order valence-electron chi connectivity index (χ2n) is 9.93. The zero-order valence-corrected chi connectivity index (χ0v) is 22.9. The van der Waals surface area contributed by atoms with E-state index in [0.717, 1.165) is 65.4 Å². The predicted molar refractivity (Wildman–Crippen MR) is 169 cm³/mol. The average molecular weight is 580 g/mol. The SMILES string of the molecule is Brc1cc(N(c2ccc(-c3ccccc3)cc2)c2ccc3oc4ccccc4c3c2)cc2c1oc1ccccc12. The van der Waals surface area contributed by atoms with Crippen molar-refractivity contribution >= 4 is 76.9 Å². The van der Waals surface area contributed by atoms with Crippen LogP contribution in [0.2, 0.25) is 0 Å². The third kappa shape index (κ3) is 3.72. The summed E-state index contributed by atoms with van der Waals surface area (Å²) >= 11 is 3.81. The Morgan fingerprint density at radius 2 is 1.00 bits per heavy atom. The van der Waals surface area contributed by atoms with Crippen LogP contribution in [0.25, 0.3) is 55.0 Å². The minimum atomic E-state index is 0.848. The molecule has 0 amide bonds. The largest absolute Gasteiger partial charge is 0.456 e. The van der Waals surface area contributed by atoms with Crippen LogP contribution in [0, 0.1) is 0 Å². The van der Waals surface area contributed by atoms with Gasteiger partial charge in [-0.1, -0.05) is 78.9 Å². The van der Waals surface area contributed by atoms with Crippen molar-refractivity contribution in [3.8, 4) is 11.1 Å². The van der Waals surface area contributed by atoms with Crippen molar-refractivity contribution in [3.63, 3.8) is 0 Å². The molecular formula is C36H22BrNO2. The quantitative estimate of drug-likeness (QED) is 0.207. The summed E-state index contributed by atoms with van der Waals surface area (Å²) in [5.41, 5.74) is 9.01. The first-order chi connectivity index (χ1) is 19.7. The van der Waals surface area contributed by atoms with Crippen LogP contribution in [0.1, 0.15) is 0 Å². The molecule has 40 heavy (non-hydrogen) atoms. The van der Waals surface area contributed by atoms with Crippen molar-refractivity contribution in [1.82, 2.24) is 0 Å². The van der Waals surface area contributed by atoms with Gasteiger partial charge in [0.25, 0.3) is 0 Å². The summed E-state index contributed by atoms with van der Waals surface area (Å²) in [6.45, 7) is 0. The Bertz CT molecular complexity index is 2180. The van der Waals surface area contributed by atoms with Crippen LogP contribution >= 0.6 is 15.9 Å². The molecule has 0 radical (unpaired) electrons. The lowest BCUT2D eigenvalue weighted by molar-refractivity contribution is 0.667. The van der Waals surface area contributed by atoms with E-state index in [1.807, 2.05) is 30.3 Å². The Hall–Kier alpha value is -4.80. The molecule has 0 aliphatic carbocycles. The lowest BCUT2D eigenvalue weighted by Gasteiger charge is -2.26. The minimum absolute atomic E-state index is 0.848. The molecule has 2 aromatic heterocycles. The van der Waals surface area contributed by atoms with Gasteiger partial charge in [0.2, 0.25) is 0 Å². The fraction of sp³-hybridized carbons (Fsp3) is 0. The Labute approximate surface area is 239 Å². The third-order valence-corrected chi connectivity index (χ3v) is 8.12. The highest BCUT2D eigenvalue weighted by atomic mass is 79.9. The number of halogens is 1. The van der Waals surface area contributed by atoms with Crippen LogP contribution in [0.3, 0.4) is 0 Å². The van der Waals surface area contributed by atoms with Gasteiger partial charge in [-0.25, -0.2) is 0 Å². The van der Waals surface area contributed by atoms with Gasteiger partial charge in [-0.15, -0.1) is 0 Å². The summed E-state index contributed by atoms with van der Waals surface area (Å²) in [4.78, 5) is 2.29. The molecule has 0 unspecified atom stereocenters. The van der Waals surface area contributed by atoms with Gasteiger partial charge in [0, 0.05) is 38.6 Å². The Balaban J connectivity index is 1.35. The number of fused-ring (bicyclic) bond motifs is 6. The van der Waals surface area contributed by atoms with Crippen molar-refractivity contribution in [2.45, 2.75) is 0 Å². The number of rotatable bonds is 4. The second-order valence-corrected chi connectivity index (χ2v) is 10.8. The van der Waals surface area contributed by atoms with Crippen molar-refractivity contribution in [1.29, 1.82) is 0 Å². The maximum Gasteiger partial charge on any atom is 0.149 e. The Kier molecular flexibility index (Phi) is 5.29. The molecule has 0 fully saturated rings. The van der Waals surface area contributed by atoms with E-state index in [1.165, 1.54) is 11.1 Å². The van der Waals surface area contributed by atoms with Crippen molar-refractivity contribution in [2.75, 3.05) is 4.90 Å². The number of hydrogen-bond acceptors (Lipinski definition) is 3. The molecule has 2 heterocycles. The minimum Gasteiger partial charge on any atom is -0.456 e. The molecule has 0 saturated heterocycles. The van der Waals surface area contributed by atoms with Gasteiger partial charge in [-0.2, -0.15) is 0 Å². The maximum absolute atomic E-state index is 6.21. The van der Waals surface area contributed by atoms with E-state index < -0.39 is 0 Å². The van der Waals surface area contributed by atoms with E-state index in [9.17, 15) is 0 Å². The van der Waals surface area contributed by atoms with Gasteiger partial charge in [-0.3, -0.25) is 0 Å². The van der Waals surface area contributed by atoms with Crippen LogP contribution in [0.15, 0.2) is 147 Å². The molecule has 0 aliphatic rings. The summed E-state index contributed by atoms with van der Waals surface area (Å²) in [7, 11) is 0. The molecule has 190 valence electrons. The molecule has 8 rings (SSSR count). The first kappa shape index (κ1) is 23.1. The molecule has 4 heteroatoms. The van der Waals surface area contributed by atoms with E-state index in [-0.39, 0.29) is 0 Å². The summed E-state index contributed by atoms with van der Waals surface area (Å²) < 4.78 is 13.3. The fourth-order valence-corrected chi connectivity index (χ4v) is 6.16. The van der Waals surface area contributed by atoms with Crippen molar-refractivity contribution < 1.29 is 8.83 Å². The molecule has 8 aromatic rings. The molecule has 6 aromatic carbocycles. The topological polar surface area (TPSA) is 29.5 Å². The second kappa shape index (κ2) is 9.15. The van der Waals surface area contributed by atoms with Gasteiger partial charge in [-0.05, 0) is 81.7 Å². The van der Waals surface area contributed by atoms with Gasteiger partial charge in [0.1, 0.15) is 22.3 Å². The number of nitrogens with zero attached hydrogens (tertiary/aromatic N) is 1. The molecule has 0 spiro atoms. The number of benzene rings is 6. The van der Waals surface area contributed by atoms with Crippen LogP contribution in [0.5, 0.6) is 0 Å². The highest BCUT2D eigenvalue weighted by molar-refractivity contribution is 9.10. The first-order valence-corrected chi connectivity index (χ1v) is 14.0. The molecule has 0 N–H and O–H groups in total. The lowest BCUT2D eigenvalue weighted by atomic mass is 10.0. The Morgan fingerprint density at radius 1 is 0.425 bits per heavy atom. The standard InChI is InChI=1S/C36H22BrNO2/c37-32-22-27(21-31-29-11-5-7-13-34(29)40-36(31)32)38(25-16-14-24(15-17-25)23-8-2-1-3-9-23)26-18-19-35-30(20-26)28-10-4-6-12-33(28)39-35/h1-22H. The molecule has 0 atom stereocenters. The maximum atomic E-state index is 6.21. The zero-order valence-electron chi connectivity index (χ0n) is 21.3. The van der Waals surface area contributed by atoms with Crippen molar-refractivity contribution in [3.05, 3.63) is 138 Å². The van der Waals surface area contributed by atoms with Gasteiger partial charge >= 0.3 is 0 Å². The van der Waals surface area contributed by atoms with Crippen LogP contribution in [-0.2, 0) is 0 Å². The predicted octanol–water partition coefficient (Wildman–Crippen LogP) is 11.4. The van der Waals surface area contributed by atoms with Gasteiger partial charge < -0.3 is 13.7 Å². The highest BCUT2D eigenvalue weighted by Gasteiger charge is 2.19. The van der Waals surface area contributed by atoms with Gasteiger partial charge in [0.05, 0.1) is 4.47 Å². The highest BCUT2D eigenvalue weighted by Crippen LogP contribution is 2.43. The lowest BCUT2D eigenvalue weighted by Crippen LogP contribution is -2.10. The molecule has 3 nitrogen and oxygen atoms in total. The number of para-hydroxylation sites is 2. The molecular weight excluding hydrogens is 558 g/mol. The first-order valence-electron chi connectivity index (χ1n) is 13.2. The monoisotopic (exact) mass is 579 g/mol. The van der Waals surface area contributed by atoms with E-state index in [4.69, 9.17) is 8.83 Å². The summed E-state index contributed by atoms with van der Waals surface area (Å²) in [5, 5.41) is 4.36. The van der Waals surface area contributed by atoms with Crippen LogP contribution in [0.4, 0.5) is 17.1 Å². The summed E-state index contributed by atoms with van der Waals surface area (Å²) in [6, 6.07) is 46.3. The summed E-state index contributed by atoms with van der Waals surface area (Å²) in [6.07, 6.45) is 0. The van der Waals surface area contributed by atoms with E-state index in [0.29, 0.717) is 0 Å². The molecule has 0 aliphatic heterocycles. The van der Waals surface area contributed by atoms with E-state index in [1.54, 1.807) is 0 Å².